The molecule has 0 spiro atoms. The Morgan fingerprint density at radius 3 is 2.76 bits per heavy atom. The molecule has 1 aliphatic rings. The molecule has 2 heterocycles. The van der Waals surface area contributed by atoms with Crippen molar-refractivity contribution < 1.29 is 14.6 Å². The molecule has 1 aliphatic heterocycles. The van der Waals surface area contributed by atoms with Gasteiger partial charge in [-0.05, 0) is 38.8 Å². The summed E-state index contributed by atoms with van der Waals surface area (Å²) in [6.45, 7) is 6.27. The molecule has 1 saturated heterocycles. The van der Waals surface area contributed by atoms with Crippen molar-refractivity contribution in [2.45, 2.75) is 38.9 Å². The van der Waals surface area contributed by atoms with Crippen molar-refractivity contribution in [3.63, 3.8) is 0 Å². The van der Waals surface area contributed by atoms with Crippen molar-refractivity contribution in [1.29, 1.82) is 0 Å². The van der Waals surface area contributed by atoms with E-state index in [0.717, 1.165) is 5.56 Å². The van der Waals surface area contributed by atoms with Crippen molar-refractivity contribution in [3.05, 3.63) is 29.0 Å². The maximum atomic E-state index is 12.0. The van der Waals surface area contributed by atoms with E-state index in [1.807, 2.05) is 26.8 Å². The number of rotatable bonds is 2. The van der Waals surface area contributed by atoms with Gasteiger partial charge in [-0.25, -0.2) is 9.78 Å². The minimum atomic E-state index is -0.548. The van der Waals surface area contributed by atoms with E-state index in [0.29, 0.717) is 24.7 Å². The second-order valence-electron chi connectivity index (χ2n) is 6.41. The summed E-state index contributed by atoms with van der Waals surface area (Å²) in [5, 5.41) is 10.6. The highest BCUT2D eigenvalue weighted by Gasteiger charge is 2.36. The Hall–Kier alpha value is -1.33. The molecule has 1 N–H and O–H groups in total. The molecule has 0 unspecified atom stereocenters. The van der Waals surface area contributed by atoms with E-state index in [-0.39, 0.29) is 12.0 Å². The molecule has 0 aliphatic carbocycles. The Morgan fingerprint density at radius 1 is 1.48 bits per heavy atom. The molecule has 1 fully saturated rings. The van der Waals surface area contributed by atoms with Crippen LogP contribution in [0.3, 0.4) is 0 Å². The number of hydrogen-bond acceptors (Lipinski definition) is 4. The first-order chi connectivity index (χ1) is 9.74. The number of aliphatic hydroxyl groups excluding tert-OH is 1. The lowest BCUT2D eigenvalue weighted by Gasteiger charge is -2.24. The van der Waals surface area contributed by atoms with Gasteiger partial charge in [0.2, 0.25) is 0 Å². The van der Waals surface area contributed by atoms with E-state index in [9.17, 15) is 9.90 Å². The average Bonchev–Trinajstić information content (AvgIpc) is 2.72. The monoisotopic (exact) mass is 312 g/mol. The number of halogens is 1. The number of aliphatic hydroxyl groups is 1. The van der Waals surface area contributed by atoms with Crippen LogP contribution >= 0.6 is 11.6 Å². The topological polar surface area (TPSA) is 62.7 Å². The molecule has 6 heteroatoms. The quantitative estimate of drug-likeness (QED) is 0.852. The smallest absolute Gasteiger partial charge is 0.410 e. The van der Waals surface area contributed by atoms with Crippen LogP contribution in [0.5, 0.6) is 0 Å². The van der Waals surface area contributed by atoms with E-state index in [1.165, 1.54) is 0 Å². The van der Waals surface area contributed by atoms with Crippen molar-refractivity contribution in [2.24, 2.45) is 5.92 Å². The predicted octanol–water partition coefficient (Wildman–Crippen LogP) is 2.51. The first-order valence-corrected chi connectivity index (χ1v) is 7.39. The molecule has 21 heavy (non-hydrogen) atoms. The van der Waals surface area contributed by atoms with Gasteiger partial charge in [0.25, 0.3) is 0 Å². The second kappa shape index (κ2) is 6.20. The number of carbonyl (C=O) groups is 1. The number of likely N-dealkylation sites (tertiary alicyclic amines) is 1. The molecule has 2 atom stereocenters. The van der Waals surface area contributed by atoms with E-state index in [4.69, 9.17) is 16.3 Å². The number of nitrogens with zero attached hydrogens (tertiary/aromatic N) is 2. The third-order valence-corrected chi connectivity index (χ3v) is 3.57. The molecule has 116 valence electrons. The number of β-amino-alcohol motifs (C(OH)–C–C–N with tert-alkyl or cyclic N) is 1. The summed E-state index contributed by atoms with van der Waals surface area (Å²) in [6.07, 6.45) is 1.43. The van der Waals surface area contributed by atoms with Crippen molar-refractivity contribution in [1.82, 2.24) is 9.88 Å². The molecule has 2 rings (SSSR count). The lowest BCUT2D eigenvalue weighted by Crippen LogP contribution is -2.35. The minimum absolute atomic E-state index is 0.0134. The fourth-order valence-corrected chi connectivity index (χ4v) is 2.47. The zero-order valence-electron chi connectivity index (χ0n) is 12.5. The summed E-state index contributed by atoms with van der Waals surface area (Å²) in [5.41, 5.74) is 0.467. The van der Waals surface area contributed by atoms with Crippen LogP contribution in [0.1, 0.15) is 26.3 Å². The van der Waals surface area contributed by atoms with Crippen molar-refractivity contribution in [3.8, 4) is 0 Å². The second-order valence-corrected chi connectivity index (χ2v) is 6.79. The average molecular weight is 313 g/mol. The molecule has 5 nitrogen and oxygen atoms in total. The maximum Gasteiger partial charge on any atom is 0.410 e. The van der Waals surface area contributed by atoms with Crippen LogP contribution in [-0.4, -0.2) is 45.9 Å². The Balaban J connectivity index is 1.94. The van der Waals surface area contributed by atoms with Gasteiger partial charge in [0.15, 0.2) is 0 Å². The first kappa shape index (κ1) is 16.0. The van der Waals surface area contributed by atoms with E-state index in [1.54, 1.807) is 17.2 Å². The van der Waals surface area contributed by atoms with Crippen LogP contribution < -0.4 is 0 Å². The summed E-state index contributed by atoms with van der Waals surface area (Å²) in [5.74, 6) is -0.0134. The zero-order chi connectivity index (χ0) is 15.6. The summed E-state index contributed by atoms with van der Waals surface area (Å²) < 4.78 is 5.33. The van der Waals surface area contributed by atoms with Crippen LogP contribution in [0.4, 0.5) is 4.79 Å². The fraction of sp³-hybridized carbons (Fsp3) is 0.600. The molecular formula is C15H21ClN2O3. The zero-order valence-corrected chi connectivity index (χ0v) is 13.3. The lowest BCUT2D eigenvalue weighted by atomic mass is 9.98. The first-order valence-electron chi connectivity index (χ1n) is 7.01. The highest BCUT2D eigenvalue weighted by atomic mass is 35.5. The van der Waals surface area contributed by atoms with Gasteiger partial charge in [0, 0.05) is 18.7 Å². The van der Waals surface area contributed by atoms with Crippen LogP contribution in [0.15, 0.2) is 18.3 Å². The fourth-order valence-electron chi connectivity index (χ4n) is 2.36. The maximum absolute atomic E-state index is 12.0. The van der Waals surface area contributed by atoms with Crippen LogP contribution in [0.2, 0.25) is 5.15 Å². The van der Waals surface area contributed by atoms with Crippen molar-refractivity contribution in [2.75, 3.05) is 13.1 Å². The number of amides is 1. The molecule has 0 saturated carbocycles. The Bertz CT molecular complexity index is 499. The van der Waals surface area contributed by atoms with Crippen LogP contribution in [0, 0.1) is 5.92 Å². The predicted molar refractivity (Wildman–Crippen MR) is 80.3 cm³/mol. The number of ether oxygens (including phenoxy) is 1. The van der Waals surface area contributed by atoms with Gasteiger partial charge in [-0.2, -0.15) is 0 Å². The summed E-state index contributed by atoms with van der Waals surface area (Å²) in [6, 6.07) is 3.61. The summed E-state index contributed by atoms with van der Waals surface area (Å²) in [7, 11) is 0. The number of carbonyl (C=O) groups excluding carboxylic acids is 1. The van der Waals surface area contributed by atoms with Crippen molar-refractivity contribution >= 4 is 17.7 Å². The highest BCUT2D eigenvalue weighted by Crippen LogP contribution is 2.23. The minimum Gasteiger partial charge on any atom is -0.444 e. The van der Waals surface area contributed by atoms with E-state index in [2.05, 4.69) is 4.98 Å². The number of aromatic nitrogens is 1. The Kier molecular flexibility index (Phi) is 4.74. The molecular weight excluding hydrogens is 292 g/mol. The Labute approximate surface area is 129 Å². The van der Waals surface area contributed by atoms with Gasteiger partial charge in [0.05, 0.1) is 12.6 Å². The number of hydrogen-bond donors (Lipinski definition) is 1. The molecule has 1 aromatic heterocycles. The third kappa shape index (κ3) is 4.58. The number of pyridine rings is 1. The summed E-state index contributed by atoms with van der Waals surface area (Å²) >= 11 is 5.75. The van der Waals surface area contributed by atoms with E-state index >= 15 is 0 Å². The van der Waals surface area contributed by atoms with Gasteiger partial charge in [-0.1, -0.05) is 17.7 Å². The van der Waals surface area contributed by atoms with Gasteiger partial charge in [-0.15, -0.1) is 0 Å². The molecule has 1 aromatic rings. The third-order valence-electron chi connectivity index (χ3n) is 3.34. The largest absolute Gasteiger partial charge is 0.444 e. The van der Waals surface area contributed by atoms with Gasteiger partial charge in [-0.3, -0.25) is 0 Å². The molecule has 0 bridgehead atoms. The molecule has 0 radical (unpaired) electrons. The van der Waals surface area contributed by atoms with E-state index < -0.39 is 11.7 Å². The summed E-state index contributed by atoms with van der Waals surface area (Å²) in [4.78, 5) is 17.6. The standard InChI is InChI=1S/C15H21ClN2O3/c1-15(2,3)21-14(20)18-8-11(12(19)9-18)6-10-4-5-13(16)17-7-10/h4-5,7,11-12,19H,6,8-9H2,1-3H3/t11-,12+/m1/s1. The van der Waals surface area contributed by atoms with Gasteiger partial charge in [0.1, 0.15) is 10.8 Å². The van der Waals surface area contributed by atoms with Crippen LogP contribution in [-0.2, 0) is 11.2 Å². The van der Waals surface area contributed by atoms with Gasteiger partial charge < -0.3 is 14.7 Å². The normalized spacial score (nSPS) is 22.4. The van der Waals surface area contributed by atoms with Gasteiger partial charge >= 0.3 is 6.09 Å². The lowest BCUT2D eigenvalue weighted by molar-refractivity contribution is 0.0270. The highest BCUT2D eigenvalue weighted by molar-refractivity contribution is 6.29. The SMILES string of the molecule is CC(C)(C)OC(=O)N1C[C@@H](Cc2ccc(Cl)nc2)[C@@H](O)C1. The molecule has 0 aromatic carbocycles. The van der Waals surface area contributed by atoms with Crippen LogP contribution in [0.25, 0.3) is 0 Å². The molecule has 1 amide bonds. The Morgan fingerprint density at radius 2 is 2.19 bits per heavy atom.